The highest BCUT2D eigenvalue weighted by Gasteiger charge is 2.15. The summed E-state index contributed by atoms with van der Waals surface area (Å²) in [7, 11) is -2.24. The van der Waals surface area contributed by atoms with E-state index >= 15 is 0 Å². The van der Waals surface area contributed by atoms with E-state index in [0.717, 1.165) is 16.3 Å². The third-order valence-electron chi connectivity index (χ3n) is 4.67. The average molecular weight is 472 g/mol. The van der Waals surface area contributed by atoms with Crippen molar-refractivity contribution in [2.75, 3.05) is 11.8 Å². The van der Waals surface area contributed by atoms with E-state index in [2.05, 4.69) is 15.0 Å². The van der Waals surface area contributed by atoms with Gasteiger partial charge >= 0.3 is 0 Å². The number of anilines is 1. The van der Waals surface area contributed by atoms with E-state index in [0.29, 0.717) is 17.0 Å². The van der Waals surface area contributed by atoms with Gasteiger partial charge in [0.25, 0.3) is 15.9 Å². The summed E-state index contributed by atoms with van der Waals surface area (Å²) >= 11 is 1.42. The Balaban J connectivity index is 1.64. The third-order valence-corrected chi connectivity index (χ3v) is 7.01. The van der Waals surface area contributed by atoms with Gasteiger partial charge in [0, 0.05) is 28.9 Å². The molecule has 0 aliphatic carbocycles. The first kappa shape index (κ1) is 23.6. The smallest absolute Gasteiger partial charge is 0.262 e. The Labute approximate surface area is 192 Å². The van der Waals surface area contributed by atoms with Crippen molar-refractivity contribution in [3.05, 3.63) is 72.4 Å². The maximum atomic E-state index is 12.6. The van der Waals surface area contributed by atoms with Gasteiger partial charge in [0.1, 0.15) is 10.8 Å². The molecule has 0 radical (unpaired) electrons. The van der Waals surface area contributed by atoms with E-state index in [1.54, 1.807) is 54.7 Å². The monoisotopic (exact) mass is 471 g/mol. The van der Waals surface area contributed by atoms with Crippen LogP contribution in [0.4, 0.5) is 5.69 Å². The van der Waals surface area contributed by atoms with Crippen LogP contribution in [0.3, 0.4) is 0 Å². The molecule has 0 spiro atoms. The van der Waals surface area contributed by atoms with Gasteiger partial charge in [-0.3, -0.25) is 9.52 Å². The van der Waals surface area contributed by atoms with Crippen molar-refractivity contribution < 1.29 is 17.9 Å². The molecule has 2 aromatic carbocycles. The molecule has 1 heterocycles. The fourth-order valence-electron chi connectivity index (χ4n) is 2.68. The first-order chi connectivity index (χ1) is 15.3. The number of amides is 1. The highest BCUT2D eigenvalue weighted by molar-refractivity contribution is 7.99. The van der Waals surface area contributed by atoms with Crippen molar-refractivity contribution in [2.24, 2.45) is 0 Å². The minimum atomic E-state index is -3.73. The van der Waals surface area contributed by atoms with Crippen molar-refractivity contribution in [3.63, 3.8) is 0 Å². The number of carbonyl (C=O) groups is 1. The van der Waals surface area contributed by atoms with Crippen LogP contribution in [-0.4, -0.2) is 32.5 Å². The molecular formula is C23H25N3O4S2. The van der Waals surface area contributed by atoms with E-state index in [4.69, 9.17) is 4.74 Å². The summed E-state index contributed by atoms with van der Waals surface area (Å²) in [6, 6.07) is 16.9. The van der Waals surface area contributed by atoms with E-state index in [9.17, 15) is 13.2 Å². The van der Waals surface area contributed by atoms with Gasteiger partial charge in [-0.25, -0.2) is 13.4 Å². The molecule has 1 amide bonds. The minimum absolute atomic E-state index is 0.108. The summed E-state index contributed by atoms with van der Waals surface area (Å²) in [6.45, 7) is 3.97. The second kappa shape index (κ2) is 10.5. The molecule has 1 aromatic heterocycles. The molecule has 7 nitrogen and oxygen atoms in total. The molecule has 0 bridgehead atoms. The zero-order valence-electron chi connectivity index (χ0n) is 18.0. The van der Waals surface area contributed by atoms with E-state index in [-0.39, 0.29) is 16.8 Å². The van der Waals surface area contributed by atoms with Gasteiger partial charge in [0.15, 0.2) is 0 Å². The number of sulfonamides is 1. The van der Waals surface area contributed by atoms with Gasteiger partial charge in [-0.15, -0.1) is 0 Å². The number of benzene rings is 2. The van der Waals surface area contributed by atoms with Crippen LogP contribution in [-0.2, 0) is 10.0 Å². The van der Waals surface area contributed by atoms with Crippen LogP contribution in [0.1, 0.15) is 30.6 Å². The Morgan fingerprint density at radius 2 is 1.88 bits per heavy atom. The van der Waals surface area contributed by atoms with Crippen LogP contribution in [0.15, 0.2) is 81.7 Å². The molecule has 0 saturated heterocycles. The lowest BCUT2D eigenvalue weighted by atomic mass is 10.2. The molecule has 0 aliphatic heterocycles. The molecule has 32 heavy (non-hydrogen) atoms. The fraction of sp³-hybridized carbons (Fsp3) is 0.217. The number of rotatable bonds is 9. The van der Waals surface area contributed by atoms with Gasteiger partial charge in [-0.1, -0.05) is 24.8 Å². The normalized spacial score (nSPS) is 12.1. The molecule has 1 atom stereocenters. The molecular weight excluding hydrogens is 446 g/mol. The summed E-state index contributed by atoms with van der Waals surface area (Å²) in [4.78, 5) is 17.5. The first-order valence-corrected chi connectivity index (χ1v) is 12.3. The van der Waals surface area contributed by atoms with Crippen LogP contribution in [0.25, 0.3) is 0 Å². The van der Waals surface area contributed by atoms with Crippen LogP contribution >= 0.6 is 11.8 Å². The molecule has 3 aromatic rings. The number of hydrogen-bond acceptors (Lipinski definition) is 6. The van der Waals surface area contributed by atoms with E-state index < -0.39 is 10.0 Å². The lowest BCUT2D eigenvalue weighted by molar-refractivity contribution is 0.0939. The van der Waals surface area contributed by atoms with Crippen LogP contribution < -0.4 is 14.8 Å². The third kappa shape index (κ3) is 6.24. The number of nitrogens with zero attached hydrogens (tertiary/aromatic N) is 1. The molecule has 9 heteroatoms. The van der Waals surface area contributed by atoms with Crippen LogP contribution in [0.2, 0.25) is 0 Å². The Morgan fingerprint density at radius 3 is 2.50 bits per heavy atom. The molecule has 3 rings (SSSR count). The highest BCUT2D eigenvalue weighted by atomic mass is 32.2. The quantitative estimate of drug-likeness (QED) is 0.474. The van der Waals surface area contributed by atoms with E-state index in [1.807, 2.05) is 13.8 Å². The fourth-order valence-corrected chi connectivity index (χ4v) is 4.53. The number of carbonyl (C=O) groups excluding carboxylic acids is 1. The van der Waals surface area contributed by atoms with Crippen molar-refractivity contribution in [2.45, 2.75) is 41.1 Å². The van der Waals surface area contributed by atoms with Crippen LogP contribution in [0, 0.1) is 0 Å². The van der Waals surface area contributed by atoms with Gasteiger partial charge < -0.3 is 10.1 Å². The zero-order chi connectivity index (χ0) is 23.1. The topological polar surface area (TPSA) is 97.4 Å². The Bertz CT molecular complexity index is 1160. The maximum absolute atomic E-state index is 12.6. The maximum Gasteiger partial charge on any atom is 0.262 e. The lowest BCUT2D eigenvalue weighted by Gasteiger charge is -2.11. The number of methoxy groups -OCH3 is 1. The molecule has 0 saturated carbocycles. The SMILES string of the molecule is CC[C@@H](C)NC(=O)c1ccc(Sc2ccc(NS(=O)(=O)c3cccc(OC)c3)cc2)nc1. The van der Waals surface area contributed by atoms with Gasteiger partial charge in [0.05, 0.1) is 17.6 Å². The molecule has 0 fully saturated rings. The Morgan fingerprint density at radius 1 is 1.12 bits per heavy atom. The van der Waals surface area contributed by atoms with E-state index in [1.165, 1.54) is 31.0 Å². The highest BCUT2D eigenvalue weighted by Crippen LogP contribution is 2.28. The van der Waals surface area contributed by atoms with Crippen molar-refractivity contribution >= 4 is 33.4 Å². The summed E-state index contributed by atoms with van der Waals surface area (Å²) in [5.41, 5.74) is 0.958. The largest absolute Gasteiger partial charge is 0.497 e. The zero-order valence-corrected chi connectivity index (χ0v) is 19.7. The lowest BCUT2D eigenvalue weighted by Crippen LogP contribution is -2.31. The van der Waals surface area contributed by atoms with Crippen molar-refractivity contribution in [1.82, 2.24) is 10.3 Å². The molecule has 0 unspecified atom stereocenters. The second-order valence-electron chi connectivity index (χ2n) is 7.08. The summed E-state index contributed by atoms with van der Waals surface area (Å²) in [5.74, 6) is 0.326. The van der Waals surface area contributed by atoms with Gasteiger partial charge in [-0.2, -0.15) is 0 Å². The number of aromatic nitrogens is 1. The van der Waals surface area contributed by atoms with Gasteiger partial charge in [0.2, 0.25) is 0 Å². The summed E-state index contributed by atoms with van der Waals surface area (Å²) < 4.78 is 32.9. The first-order valence-electron chi connectivity index (χ1n) is 10.0. The molecule has 2 N–H and O–H groups in total. The number of hydrogen-bond donors (Lipinski definition) is 2. The number of pyridine rings is 1. The minimum Gasteiger partial charge on any atom is -0.497 e. The predicted octanol–water partition coefficient (Wildman–Crippen LogP) is 4.57. The molecule has 0 aliphatic rings. The van der Waals surface area contributed by atoms with Crippen molar-refractivity contribution in [3.8, 4) is 5.75 Å². The Kier molecular flexibility index (Phi) is 7.76. The Hall–Kier alpha value is -3.04. The number of ether oxygens (including phenoxy) is 1. The standard InChI is InChI=1S/C23H25N3O4S2/c1-4-16(2)25-23(27)17-8-13-22(24-15-17)31-20-11-9-18(10-12-20)26-32(28,29)21-7-5-6-19(14-21)30-3/h5-16,26H,4H2,1-3H3,(H,25,27)/t16-/m1/s1. The van der Waals surface area contributed by atoms with Crippen molar-refractivity contribution in [1.29, 1.82) is 0 Å². The second-order valence-corrected chi connectivity index (χ2v) is 9.85. The predicted molar refractivity (Wildman–Crippen MR) is 126 cm³/mol. The van der Waals surface area contributed by atoms with Crippen LogP contribution in [0.5, 0.6) is 5.75 Å². The summed E-state index contributed by atoms with van der Waals surface area (Å²) in [6.07, 6.45) is 2.41. The summed E-state index contributed by atoms with van der Waals surface area (Å²) in [5, 5.41) is 3.64. The molecule has 168 valence electrons. The average Bonchev–Trinajstić information content (AvgIpc) is 2.80. The van der Waals surface area contributed by atoms with Gasteiger partial charge in [-0.05, 0) is 61.9 Å². The number of nitrogens with one attached hydrogen (secondary N) is 2.